The molecule has 0 saturated heterocycles. The van der Waals surface area contributed by atoms with Crippen LogP contribution in [-0.4, -0.2) is 14.8 Å². The molecule has 1 aromatic carbocycles. The largest absolute Gasteiger partial charge is 0.350 e. The van der Waals surface area contributed by atoms with Gasteiger partial charge >= 0.3 is 0 Å². The van der Waals surface area contributed by atoms with Crippen LogP contribution >= 0.6 is 0 Å². The topological polar surface area (TPSA) is 42.7 Å². The maximum Gasteiger partial charge on any atom is 0.224 e. The Bertz CT molecular complexity index is 574. The van der Waals surface area contributed by atoms with E-state index in [0.717, 1.165) is 37.7 Å². The van der Waals surface area contributed by atoms with E-state index in [-0.39, 0.29) is 0 Å². The first-order valence-electron chi connectivity index (χ1n) is 7.61. The quantitative estimate of drug-likeness (QED) is 0.928. The second-order valence-electron chi connectivity index (χ2n) is 5.38. The Hall–Kier alpha value is -1.84. The Morgan fingerprint density at radius 2 is 1.95 bits per heavy atom. The lowest BCUT2D eigenvalue weighted by molar-refractivity contribution is 0.635. The third-order valence-electron chi connectivity index (χ3n) is 4.05. The minimum atomic E-state index is 0.822. The molecule has 0 unspecified atom stereocenters. The van der Waals surface area contributed by atoms with Gasteiger partial charge in [0.15, 0.2) is 0 Å². The van der Waals surface area contributed by atoms with Gasteiger partial charge in [0, 0.05) is 19.5 Å². The molecule has 0 spiro atoms. The van der Waals surface area contributed by atoms with E-state index in [0.29, 0.717) is 0 Å². The van der Waals surface area contributed by atoms with Crippen molar-refractivity contribution in [1.82, 2.24) is 14.8 Å². The van der Waals surface area contributed by atoms with Crippen LogP contribution in [-0.2, 0) is 25.9 Å². The lowest BCUT2D eigenvalue weighted by Crippen LogP contribution is -2.10. The van der Waals surface area contributed by atoms with E-state index in [2.05, 4.69) is 51.3 Å². The molecule has 0 atom stereocenters. The highest BCUT2D eigenvalue weighted by atomic mass is 15.3. The molecule has 20 heavy (non-hydrogen) atoms. The molecule has 3 rings (SSSR count). The Labute approximate surface area is 120 Å². The van der Waals surface area contributed by atoms with E-state index in [1.807, 2.05) is 0 Å². The SMILES string of the molecule is CCc1ccccc1CNc1nnc2n1CCCCC2. The average molecular weight is 270 g/mol. The number of benzene rings is 1. The number of rotatable bonds is 4. The van der Waals surface area contributed by atoms with E-state index in [4.69, 9.17) is 0 Å². The van der Waals surface area contributed by atoms with Crippen molar-refractivity contribution >= 4 is 5.95 Å². The van der Waals surface area contributed by atoms with Crippen LogP contribution in [0.2, 0.25) is 0 Å². The molecule has 4 nitrogen and oxygen atoms in total. The van der Waals surface area contributed by atoms with Crippen LogP contribution in [0.25, 0.3) is 0 Å². The zero-order valence-electron chi connectivity index (χ0n) is 12.1. The molecule has 2 heterocycles. The monoisotopic (exact) mass is 270 g/mol. The van der Waals surface area contributed by atoms with Crippen molar-refractivity contribution < 1.29 is 0 Å². The number of hydrogen-bond donors (Lipinski definition) is 1. The molecule has 0 saturated carbocycles. The van der Waals surface area contributed by atoms with Gasteiger partial charge in [-0.1, -0.05) is 37.6 Å². The molecule has 0 aliphatic carbocycles. The smallest absolute Gasteiger partial charge is 0.224 e. The first-order chi connectivity index (χ1) is 9.88. The van der Waals surface area contributed by atoms with E-state index < -0.39 is 0 Å². The molecule has 0 bridgehead atoms. The molecule has 0 fully saturated rings. The summed E-state index contributed by atoms with van der Waals surface area (Å²) in [6.45, 7) is 4.06. The predicted molar refractivity (Wildman–Crippen MR) is 80.7 cm³/mol. The van der Waals surface area contributed by atoms with Gasteiger partial charge in [-0.05, 0) is 30.4 Å². The highest BCUT2D eigenvalue weighted by molar-refractivity contribution is 5.33. The van der Waals surface area contributed by atoms with Crippen LogP contribution in [0.15, 0.2) is 24.3 Å². The highest BCUT2D eigenvalue weighted by Gasteiger charge is 2.14. The van der Waals surface area contributed by atoms with E-state index >= 15 is 0 Å². The molecule has 2 aromatic rings. The summed E-state index contributed by atoms with van der Waals surface area (Å²) < 4.78 is 2.25. The molecule has 1 aliphatic heterocycles. The number of nitrogens with one attached hydrogen (secondary N) is 1. The van der Waals surface area contributed by atoms with Crippen molar-refractivity contribution in [2.45, 2.75) is 52.1 Å². The minimum absolute atomic E-state index is 0.822. The van der Waals surface area contributed by atoms with Gasteiger partial charge in [-0.25, -0.2) is 0 Å². The van der Waals surface area contributed by atoms with Gasteiger partial charge in [0.2, 0.25) is 5.95 Å². The minimum Gasteiger partial charge on any atom is -0.350 e. The maximum absolute atomic E-state index is 4.32. The first-order valence-corrected chi connectivity index (χ1v) is 7.61. The average Bonchev–Trinajstić information content (AvgIpc) is 2.72. The van der Waals surface area contributed by atoms with E-state index in [1.165, 1.54) is 30.4 Å². The van der Waals surface area contributed by atoms with Crippen molar-refractivity contribution in [3.05, 3.63) is 41.2 Å². The molecule has 4 heteroatoms. The van der Waals surface area contributed by atoms with Crippen LogP contribution < -0.4 is 5.32 Å². The van der Waals surface area contributed by atoms with Crippen LogP contribution in [0.3, 0.4) is 0 Å². The van der Waals surface area contributed by atoms with Gasteiger partial charge in [0.25, 0.3) is 0 Å². The van der Waals surface area contributed by atoms with Crippen LogP contribution in [0.5, 0.6) is 0 Å². The summed E-state index contributed by atoms with van der Waals surface area (Å²) in [6, 6.07) is 8.58. The summed E-state index contributed by atoms with van der Waals surface area (Å²) in [6.07, 6.45) is 5.87. The van der Waals surface area contributed by atoms with Gasteiger partial charge in [-0.15, -0.1) is 10.2 Å². The normalized spacial score (nSPS) is 14.7. The third kappa shape index (κ3) is 2.69. The van der Waals surface area contributed by atoms with Crippen molar-refractivity contribution in [2.24, 2.45) is 0 Å². The summed E-state index contributed by atoms with van der Waals surface area (Å²) in [5.41, 5.74) is 2.75. The van der Waals surface area contributed by atoms with Crippen molar-refractivity contribution in [1.29, 1.82) is 0 Å². The van der Waals surface area contributed by atoms with Crippen molar-refractivity contribution in [3.63, 3.8) is 0 Å². The number of anilines is 1. The number of aromatic nitrogens is 3. The van der Waals surface area contributed by atoms with Gasteiger partial charge in [0.1, 0.15) is 5.82 Å². The fourth-order valence-electron chi connectivity index (χ4n) is 2.86. The van der Waals surface area contributed by atoms with Crippen LogP contribution in [0.1, 0.15) is 43.1 Å². The third-order valence-corrected chi connectivity index (χ3v) is 4.05. The van der Waals surface area contributed by atoms with Crippen molar-refractivity contribution in [3.8, 4) is 0 Å². The predicted octanol–water partition coefficient (Wildman–Crippen LogP) is 3.18. The molecule has 1 aliphatic rings. The van der Waals surface area contributed by atoms with E-state index in [1.54, 1.807) is 0 Å². The summed E-state index contributed by atoms with van der Waals surface area (Å²) >= 11 is 0. The van der Waals surface area contributed by atoms with Crippen LogP contribution in [0, 0.1) is 0 Å². The number of nitrogens with zero attached hydrogens (tertiary/aromatic N) is 3. The molecule has 0 amide bonds. The Morgan fingerprint density at radius 3 is 2.80 bits per heavy atom. The first kappa shape index (κ1) is 13.2. The summed E-state index contributed by atoms with van der Waals surface area (Å²) in [4.78, 5) is 0. The molecule has 1 N–H and O–H groups in total. The fraction of sp³-hybridized carbons (Fsp3) is 0.500. The highest BCUT2D eigenvalue weighted by Crippen LogP contribution is 2.18. The van der Waals surface area contributed by atoms with Gasteiger partial charge in [0.05, 0.1) is 0 Å². The molecular weight excluding hydrogens is 248 g/mol. The Kier molecular flexibility index (Phi) is 4.00. The molecule has 0 radical (unpaired) electrons. The summed E-state index contributed by atoms with van der Waals surface area (Å²) in [7, 11) is 0. The zero-order chi connectivity index (χ0) is 13.8. The molecule has 1 aromatic heterocycles. The number of hydrogen-bond acceptors (Lipinski definition) is 3. The van der Waals surface area contributed by atoms with Gasteiger partial charge in [-0.3, -0.25) is 4.57 Å². The Morgan fingerprint density at radius 1 is 1.10 bits per heavy atom. The lowest BCUT2D eigenvalue weighted by Gasteiger charge is -2.11. The van der Waals surface area contributed by atoms with E-state index in [9.17, 15) is 0 Å². The number of aryl methyl sites for hydroxylation is 2. The Balaban J connectivity index is 1.74. The number of fused-ring (bicyclic) bond motifs is 1. The summed E-state index contributed by atoms with van der Waals surface area (Å²) in [5.74, 6) is 2.06. The molecule has 106 valence electrons. The van der Waals surface area contributed by atoms with Gasteiger partial charge < -0.3 is 5.32 Å². The van der Waals surface area contributed by atoms with Gasteiger partial charge in [-0.2, -0.15) is 0 Å². The second-order valence-corrected chi connectivity index (χ2v) is 5.38. The maximum atomic E-state index is 4.32. The molecular formula is C16H22N4. The fourth-order valence-corrected chi connectivity index (χ4v) is 2.86. The van der Waals surface area contributed by atoms with Crippen molar-refractivity contribution in [2.75, 3.05) is 5.32 Å². The second kappa shape index (κ2) is 6.07. The standard InChI is InChI=1S/C16H22N4/c1-2-13-8-5-6-9-14(13)12-17-16-19-18-15-10-4-3-7-11-20(15)16/h5-6,8-9H,2-4,7,10-12H2,1H3,(H,17,19). The zero-order valence-corrected chi connectivity index (χ0v) is 12.1. The lowest BCUT2D eigenvalue weighted by atomic mass is 10.1. The summed E-state index contributed by atoms with van der Waals surface area (Å²) in [5, 5.41) is 12.1. The van der Waals surface area contributed by atoms with Crippen LogP contribution in [0.4, 0.5) is 5.95 Å².